The molecule has 1 aromatic heterocycles. The number of nitro benzene ring substituents is 1. The highest BCUT2D eigenvalue weighted by atomic mass is 16.6. The summed E-state index contributed by atoms with van der Waals surface area (Å²) in [6.45, 7) is 4.87. The topological polar surface area (TPSA) is 121 Å². The van der Waals surface area contributed by atoms with Gasteiger partial charge in [0.2, 0.25) is 5.91 Å². The van der Waals surface area contributed by atoms with Gasteiger partial charge in [0.1, 0.15) is 12.3 Å². The van der Waals surface area contributed by atoms with E-state index in [1.807, 2.05) is 12.1 Å². The zero-order valence-corrected chi connectivity index (χ0v) is 21.4. The Balaban J connectivity index is 1.47. The van der Waals surface area contributed by atoms with Crippen molar-refractivity contribution in [3.05, 3.63) is 82.2 Å². The van der Waals surface area contributed by atoms with Crippen molar-refractivity contribution < 1.29 is 19.2 Å². The molecule has 0 aliphatic rings. The zero-order valence-electron chi connectivity index (χ0n) is 21.4. The fourth-order valence-electron chi connectivity index (χ4n) is 3.52. The van der Waals surface area contributed by atoms with Crippen molar-refractivity contribution in [3.63, 3.8) is 0 Å². The lowest BCUT2D eigenvalue weighted by molar-refractivity contribution is -0.384. The van der Waals surface area contributed by atoms with Crippen molar-refractivity contribution in [2.24, 2.45) is 5.92 Å². The highest BCUT2D eigenvalue weighted by Crippen LogP contribution is 2.29. The third-order valence-corrected chi connectivity index (χ3v) is 5.50. The molecule has 0 saturated carbocycles. The minimum absolute atomic E-state index is 0.00714. The van der Waals surface area contributed by atoms with E-state index in [2.05, 4.69) is 41.6 Å². The minimum atomic E-state index is -0.453. The zero-order chi connectivity index (χ0) is 26.6. The van der Waals surface area contributed by atoms with Crippen LogP contribution in [0.2, 0.25) is 0 Å². The number of hydrogen-bond donors (Lipinski definition) is 1. The van der Waals surface area contributed by atoms with Gasteiger partial charge in [-0.15, -0.1) is 5.10 Å². The van der Waals surface area contributed by atoms with Crippen LogP contribution in [0.25, 0.3) is 5.69 Å². The number of nitro groups is 1. The molecule has 0 bridgehead atoms. The van der Waals surface area contributed by atoms with Gasteiger partial charge in [-0.05, 0) is 55.0 Å². The quantitative estimate of drug-likeness (QED) is 0.139. The van der Waals surface area contributed by atoms with Crippen LogP contribution in [0.5, 0.6) is 11.5 Å². The van der Waals surface area contributed by atoms with E-state index in [1.54, 1.807) is 31.5 Å². The van der Waals surface area contributed by atoms with Crippen LogP contribution in [0.15, 0.2) is 60.8 Å². The number of nitrogens with one attached hydrogen (secondary N) is 1. The number of carbonyl (C=O) groups is 1. The second kappa shape index (κ2) is 13.8. The first-order valence-electron chi connectivity index (χ1n) is 12.2. The van der Waals surface area contributed by atoms with Gasteiger partial charge in [-0.1, -0.05) is 37.3 Å². The fourth-order valence-corrected chi connectivity index (χ4v) is 3.52. The van der Waals surface area contributed by atoms with Gasteiger partial charge in [0.25, 0.3) is 5.69 Å². The summed E-state index contributed by atoms with van der Waals surface area (Å²) >= 11 is 0. The molecule has 37 heavy (non-hydrogen) atoms. The normalized spacial score (nSPS) is 11.1. The molecule has 196 valence electrons. The smallest absolute Gasteiger partial charge is 0.269 e. The van der Waals surface area contributed by atoms with E-state index >= 15 is 0 Å². The molecule has 0 aliphatic heterocycles. The number of benzene rings is 2. The van der Waals surface area contributed by atoms with Crippen molar-refractivity contribution in [3.8, 4) is 17.2 Å². The molecule has 0 saturated heterocycles. The SMILES string of the molecule is COc1cc(CNC(=O)CCCC/C=C/C(C)C)ccc1OCc1cn(-c2ccc([N+](=O)[O-])cc2)nn1. The number of aromatic nitrogens is 3. The predicted molar refractivity (Wildman–Crippen MR) is 140 cm³/mol. The molecule has 10 heteroatoms. The van der Waals surface area contributed by atoms with Crippen LogP contribution < -0.4 is 14.8 Å². The lowest BCUT2D eigenvalue weighted by Crippen LogP contribution is -2.22. The van der Waals surface area contributed by atoms with E-state index in [0.29, 0.717) is 41.8 Å². The van der Waals surface area contributed by atoms with Gasteiger partial charge in [0.15, 0.2) is 11.5 Å². The number of ether oxygens (including phenoxy) is 2. The summed E-state index contributed by atoms with van der Waals surface area (Å²) in [5.74, 6) is 1.67. The molecule has 1 amide bonds. The van der Waals surface area contributed by atoms with Crippen molar-refractivity contribution in [1.82, 2.24) is 20.3 Å². The predicted octanol–water partition coefficient (Wildman–Crippen LogP) is 5.15. The molecule has 3 rings (SSSR count). The third kappa shape index (κ3) is 8.75. The van der Waals surface area contributed by atoms with Gasteiger partial charge in [0, 0.05) is 25.1 Å². The maximum Gasteiger partial charge on any atom is 0.269 e. The summed E-state index contributed by atoms with van der Waals surface area (Å²) in [6.07, 6.45) is 9.42. The van der Waals surface area contributed by atoms with Crippen LogP contribution in [0.1, 0.15) is 50.8 Å². The Bertz CT molecular complexity index is 1200. The maximum atomic E-state index is 12.2. The maximum absolute atomic E-state index is 12.2. The van der Waals surface area contributed by atoms with E-state index < -0.39 is 4.92 Å². The Morgan fingerprint density at radius 1 is 1.16 bits per heavy atom. The molecule has 0 fully saturated rings. The minimum Gasteiger partial charge on any atom is -0.493 e. The molecular formula is C27H33N5O5. The number of methoxy groups -OCH3 is 1. The Kier molecular flexibility index (Phi) is 10.2. The van der Waals surface area contributed by atoms with Crippen LogP contribution in [-0.2, 0) is 17.9 Å². The van der Waals surface area contributed by atoms with Crippen LogP contribution in [0.3, 0.4) is 0 Å². The van der Waals surface area contributed by atoms with Gasteiger partial charge in [0.05, 0.1) is 23.9 Å². The van der Waals surface area contributed by atoms with Gasteiger partial charge in [-0.25, -0.2) is 4.68 Å². The molecule has 0 spiro atoms. The molecule has 3 aromatic rings. The second-order valence-corrected chi connectivity index (χ2v) is 8.90. The van der Waals surface area contributed by atoms with Crippen LogP contribution in [-0.4, -0.2) is 32.9 Å². The standard InChI is InChI=1S/C27H33N5O5/c1-20(2)8-6-4-5-7-9-27(33)28-17-21-10-15-25(26(16-21)36-3)37-19-22-18-31(30-29-22)23-11-13-24(14-12-23)32(34)35/h6,8,10-16,18,20H,4-5,7,9,17,19H2,1-3H3,(H,28,33)/b8-6+. The molecule has 1 heterocycles. The van der Waals surface area contributed by atoms with Crippen LogP contribution >= 0.6 is 0 Å². The van der Waals surface area contributed by atoms with E-state index in [0.717, 1.165) is 24.8 Å². The molecule has 0 aliphatic carbocycles. The van der Waals surface area contributed by atoms with E-state index in [-0.39, 0.29) is 18.2 Å². The molecule has 0 radical (unpaired) electrons. The first-order valence-corrected chi connectivity index (χ1v) is 12.2. The van der Waals surface area contributed by atoms with Gasteiger partial charge in [-0.3, -0.25) is 14.9 Å². The number of non-ortho nitro benzene ring substituents is 1. The Morgan fingerprint density at radius 3 is 2.65 bits per heavy atom. The fraction of sp³-hybridized carbons (Fsp3) is 0.370. The number of amides is 1. The lowest BCUT2D eigenvalue weighted by atomic mass is 10.1. The van der Waals surface area contributed by atoms with Gasteiger partial charge in [-0.2, -0.15) is 0 Å². The lowest BCUT2D eigenvalue weighted by Gasteiger charge is -2.12. The number of nitrogens with zero attached hydrogens (tertiary/aromatic N) is 4. The highest BCUT2D eigenvalue weighted by molar-refractivity contribution is 5.75. The highest BCUT2D eigenvalue weighted by Gasteiger charge is 2.11. The summed E-state index contributed by atoms with van der Waals surface area (Å²) in [6, 6.07) is 11.5. The number of carbonyl (C=O) groups excluding carboxylic acids is 1. The summed E-state index contributed by atoms with van der Waals surface area (Å²) in [5, 5.41) is 21.9. The molecule has 0 atom stereocenters. The van der Waals surface area contributed by atoms with Crippen molar-refractivity contribution in [2.75, 3.05) is 7.11 Å². The average molecular weight is 508 g/mol. The molecule has 2 aromatic carbocycles. The third-order valence-electron chi connectivity index (χ3n) is 5.50. The molecule has 0 unspecified atom stereocenters. The Hall–Kier alpha value is -4.21. The van der Waals surface area contributed by atoms with Crippen molar-refractivity contribution >= 4 is 11.6 Å². The van der Waals surface area contributed by atoms with E-state index in [4.69, 9.17) is 9.47 Å². The summed E-state index contributed by atoms with van der Waals surface area (Å²) in [7, 11) is 1.56. The molecule has 10 nitrogen and oxygen atoms in total. The van der Waals surface area contributed by atoms with Crippen LogP contribution in [0.4, 0.5) is 5.69 Å². The van der Waals surface area contributed by atoms with Crippen molar-refractivity contribution in [2.45, 2.75) is 52.7 Å². The number of allylic oxidation sites excluding steroid dienone is 2. The number of unbranched alkanes of at least 4 members (excludes halogenated alkanes) is 2. The second-order valence-electron chi connectivity index (χ2n) is 8.90. The number of hydrogen-bond acceptors (Lipinski definition) is 7. The summed E-state index contributed by atoms with van der Waals surface area (Å²) < 4.78 is 12.9. The molecular weight excluding hydrogens is 474 g/mol. The van der Waals surface area contributed by atoms with Crippen LogP contribution in [0, 0.1) is 16.0 Å². The number of rotatable bonds is 14. The first-order chi connectivity index (χ1) is 17.9. The summed E-state index contributed by atoms with van der Waals surface area (Å²) in [5.41, 5.74) is 2.14. The van der Waals surface area contributed by atoms with E-state index in [9.17, 15) is 14.9 Å². The molecule has 1 N–H and O–H groups in total. The first kappa shape index (κ1) is 27.4. The van der Waals surface area contributed by atoms with Crippen molar-refractivity contribution in [1.29, 1.82) is 0 Å². The summed E-state index contributed by atoms with van der Waals surface area (Å²) in [4.78, 5) is 22.5. The Morgan fingerprint density at radius 2 is 1.95 bits per heavy atom. The largest absolute Gasteiger partial charge is 0.493 e. The Labute approximate surface area is 216 Å². The van der Waals surface area contributed by atoms with Gasteiger partial charge >= 0.3 is 0 Å². The average Bonchev–Trinajstić information content (AvgIpc) is 3.37. The monoisotopic (exact) mass is 507 g/mol. The van der Waals surface area contributed by atoms with Gasteiger partial charge < -0.3 is 14.8 Å². The van der Waals surface area contributed by atoms with E-state index in [1.165, 1.54) is 16.8 Å².